The average molecular weight is 353 g/mol. The van der Waals surface area contributed by atoms with E-state index in [1.165, 1.54) is 56.9 Å². The van der Waals surface area contributed by atoms with Gasteiger partial charge in [-0.05, 0) is 91.1 Å². The van der Waals surface area contributed by atoms with Gasteiger partial charge in [-0.3, -0.25) is 0 Å². The average Bonchev–Trinajstić information content (AvgIpc) is 2.99. The number of fused-ring (bicyclic) bond motifs is 5. The first kappa shape index (κ1) is 16.8. The fourth-order valence-corrected chi connectivity index (χ4v) is 7.70. The molecule has 0 unspecified atom stereocenters. The molecule has 0 N–H and O–H groups in total. The molecule has 6 atom stereocenters. The van der Waals surface area contributed by atoms with Crippen LogP contribution in [0.2, 0.25) is 0 Å². The van der Waals surface area contributed by atoms with E-state index in [2.05, 4.69) is 19.9 Å². The molecule has 0 aliphatic heterocycles. The molecule has 3 fully saturated rings. The Bertz CT molecular complexity index is 769. The molecule has 0 radical (unpaired) electrons. The maximum absolute atomic E-state index is 11.4. The van der Waals surface area contributed by atoms with Gasteiger partial charge in [0.1, 0.15) is 0 Å². The summed E-state index contributed by atoms with van der Waals surface area (Å²) in [6.07, 6.45) is 16.8. The zero-order valence-corrected chi connectivity index (χ0v) is 16.3. The lowest BCUT2D eigenvalue weighted by molar-refractivity contribution is -0.0525. The van der Waals surface area contributed by atoms with Crippen LogP contribution in [0.1, 0.15) is 83.1 Å². The highest BCUT2D eigenvalue weighted by atomic mass is 16.4. The third kappa shape index (κ3) is 2.26. The van der Waals surface area contributed by atoms with Crippen LogP contribution >= 0.6 is 0 Å². The van der Waals surface area contributed by atoms with Crippen molar-refractivity contribution in [1.29, 1.82) is 0 Å². The molecule has 2 heteroatoms. The summed E-state index contributed by atoms with van der Waals surface area (Å²) in [7, 11) is 0. The minimum absolute atomic E-state index is 0.239. The zero-order chi connectivity index (χ0) is 17.9. The highest BCUT2D eigenvalue weighted by Gasteiger charge is 2.56. The van der Waals surface area contributed by atoms with Crippen molar-refractivity contribution in [3.63, 3.8) is 0 Å². The highest BCUT2D eigenvalue weighted by Crippen LogP contribution is 2.67. The van der Waals surface area contributed by atoms with Crippen molar-refractivity contribution in [3.8, 4) is 0 Å². The molecule has 0 spiro atoms. The van der Waals surface area contributed by atoms with Crippen LogP contribution < -0.4 is 5.63 Å². The van der Waals surface area contributed by atoms with Gasteiger partial charge in [-0.1, -0.05) is 38.3 Å². The lowest BCUT2D eigenvalue weighted by Gasteiger charge is -2.59. The zero-order valence-electron chi connectivity index (χ0n) is 16.3. The molecule has 5 rings (SSSR count). The van der Waals surface area contributed by atoms with E-state index in [1.54, 1.807) is 17.9 Å². The van der Waals surface area contributed by atoms with Gasteiger partial charge < -0.3 is 4.42 Å². The Morgan fingerprint density at radius 2 is 1.92 bits per heavy atom. The normalized spacial score (nSPS) is 44.6. The van der Waals surface area contributed by atoms with Crippen LogP contribution in [0.3, 0.4) is 0 Å². The standard InChI is InChI=1S/C24H32O2/c1-23-13-4-3-5-17(23)7-8-18-20-10-9-19(16-6-11-22(25)26-15-16)24(20,2)14-12-21(18)23/h6,10-11,15,17-19,21H,3-5,7-9,12-14H2,1-2H3/t17-,18+,19-,21+,23+,24-/m1/s1. The minimum Gasteiger partial charge on any atom is -0.431 e. The summed E-state index contributed by atoms with van der Waals surface area (Å²) in [5.41, 5.74) is 3.59. The topological polar surface area (TPSA) is 30.2 Å². The van der Waals surface area contributed by atoms with Crippen LogP contribution in [-0.4, -0.2) is 0 Å². The van der Waals surface area contributed by atoms with Crippen molar-refractivity contribution >= 4 is 0 Å². The van der Waals surface area contributed by atoms with Gasteiger partial charge >= 0.3 is 5.63 Å². The van der Waals surface area contributed by atoms with E-state index in [0.717, 1.165) is 24.2 Å². The summed E-state index contributed by atoms with van der Waals surface area (Å²) in [5.74, 6) is 3.16. The van der Waals surface area contributed by atoms with E-state index in [1.807, 2.05) is 6.07 Å². The maximum Gasteiger partial charge on any atom is 0.335 e. The quantitative estimate of drug-likeness (QED) is 0.574. The molecule has 2 nitrogen and oxygen atoms in total. The van der Waals surface area contributed by atoms with Gasteiger partial charge in [0.05, 0.1) is 6.26 Å². The van der Waals surface area contributed by atoms with Crippen LogP contribution in [0.25, 0.3) is 0 Å². The smallest absolute Gasteiger partial charge is 0.335 e. The van der Waals surface area contributed by atoms with Gasteiger partial charge in [0.15, 0.2) is 0 Å². The van der Waals surface area contributed by atoms with E-state index >= 15 is 0 Å². The molecule has 0 saturated heterocycles. The van der Waals surface area contributed by atoms with Gasteiger partial charge in [0, 0.05) is 6.07 Å². The van der Waals surface area contributed by atoms with Crippen LogP contribution in [0.4, 0.5) is 0 Å². The van der Waals surface area contributed by atoms with Gasteiger partial charge in [-0.25, -0.2) is 4.79 Å². The lowest BCUT2D eigenvalue weighted by atomic mass is 9.46. The molecule has 4 aliphatic rings. The highest BCUT2D eigenvalue weighted by molar-refractivity contribution is 5.36. The number of hydrogen-bond acceptors (Lipinski definition) is 2. The summed E-state index contributed by atoms with van der Waals surface area (Å²) < 4.78 is 5.21. The number of rotatable bonds is 1. The summed E-state index contributed by atoms with van der Waals surface area (Å²) in [5, 5.41) is 0. The predicted molar refractivity (Wildman–Crippen MR) is 104 cm³/mol. The fourth-order valence-electron chi connectivity index (χ4n) is 7.70. The largest absolute Gasteiger partial charge is 0.431 e. The molecule has 0 bridgehead atoms. The van der Waals surface area contributed by atoms with Crippen LogP contribution in [0, 0.1) is 28.6 Å². The molecular formula is C24H32O2. The molecule has 4 aliphatic carbocycles. The number of allylic oxidation sites excluding steroid dienone is 2. The van der Waals surface area contributed by atoms with E-state index in [9.17, 15) is 4.79 Å². The van der Waals surface area contributed by atoms with Crippen LogP contribution in [0.15, 0.2) is 39.3 Å². The van der Waals surface area contributed by atoms with Gasteiger partial charge in [0.2, 0.25) is 0 Å². The molecule has 3 saturated carbocycles. The Morgan fingerprint density at radius 3 is 2.73 bits per heavy atom. The van der Waals surface area contributed by atoms with E-state index in [0.29, 0.717) is 11.3 Å². The Hall–Kier alpha value is -1.31. The van der Waals surface area contributed by atoms with Crippen molar-refractivity contribution < 1.29 is 4.42 Å². The van der Waals surface area contributed by atoms with E-state index < -0.39 is 0 Å². The van der Waals surface area contributed by atoms with Crippen LogP contribution in [0.5, 0.6) is 0 Å². The lowest BCUT2D eigenvalue weighted by Crippen LogP contribution is -2.50. The SMILES string of the molecule is C[C@]12CCCC[C@@H]1CC[C@H]1C3=CC[C@H](c4ccc(=O)oc4)[C@@]3(C)CC[C@@H]12. The second-order valence-electron chi connectivity index (χ2n) is 10.0. The first-order chi connectivity index (χ1) is 12.5. The van der Waals surface area contributed by atoms with Crippen molar-refractivity contribution in [1.82, 2.24) is 0 Å². The molecule has 1 aromatic rings. The molecule has 0 amide bonds. The Labute approximate surface area is 157 Å². The Kier molecular flexibility index (Phi) is 3.78. The molecule has 1 heterocycles. The van der Waals surface area contributed by atoms with Crippen molar-refractivity contribution in [2.24, 2.45) is 28.6 Å². The second-order valence-corrected chi connectivity index (χ2v) is 10.0. The maximum atomic E-state index is 11.4. The predicted octanol–water partition coefficient (Wildman–Crippen LogP) is 6.08. The fraction of sp³-hybridized carbons (Fsp3) is 0.708. The summed E-state index contributed by atoms with van der Waals surface area (Å²) in [6.45, 7) is 5.13. The summed E-state index contributed by atoms with van der Waals surface area (Å²) in [6, 6.07) is 3.60. The third-order valence-electron chi connectivity index (χ3n) is 9.11. The molecular weight excluding hydrogens is 320 g/mol. The molecule has 140 valence electrons. The van der Waals surface area contributed by atoms with Gasteiger partial charge in [-0.15, -0.1) is 0 Å². The van der Waals surface area contributed by atoms with Gasteiger partial charge in [0.25, 0.3) is 0 Å². The van der Waals surface area contributed by atoms with E-state index in [4.69, 9.17) is 4.42 Å². The Morgan fingerprint density at radius 1 is 1.04 bits per heavy atom. The first-order valence-corrected chi connectivity index (χ1v) is 10.8. The third-order valence-corrected chi connectivity index (χ3v) is 9.11. The van der Waals surface area contributed by atoms with Crippen molar-refractivity contribution in [2.45, 2.75) is 77.6 Å². The second kappa shape index (κ2) is 5.84. The Balaban J connectivity index is 1.46. The van der Waals surface area contributed by atoms with Crippen molar-refractivity contribution in [2.75, 3.05) is 0 Å². The molecule has 26 heavy (non-hydrogen) atoms. The monoisotopic (exact) mass is 352 g/mol. The summed E-state index contributed by atoms with van der Waals surface area (Å²) in [4.78, 5) is 11.4. The number of hydrogen-bond donors (Lipinski definition) is 0. The summed E-state index contributed by atoms with van der Waals surface area (Å²) >= 11 is 0. The molecule has 1 aromatic heterocycles. The van der Waals surface area contributed by atoms with Crippen molar-refractivity contribution in [3.05, 3.63) is 46.0 Å². The van der Waals surface area contributed by atoms with Crippen LogP contribution in [-0.2, 0) is 0 Å². The first-order valence-electron chi connectivity index (χ1n) is 10.8. The minimum atomic E-state index is -0.239. The van der Waals surface area contributed by atoms with Gasteiger partial charge in [-0.2, -0.15) is 0 Å². The van der Waals surface area contributed by atoms with E-state index in [-0.39, 0.29) is 11.0 Å². The molecule has 0 aromatic carbocycles.